The molecule has 1 heterocycles. The number of aryl methyl sites for hydroxylation is 1. The molecule has 96 valence electrons. The average molecular weight is 269 g/mol. The summed E-state index contributed by atoms with van der Waals surface area (Å²) in [5.74, 6) is -1.13. The van der Waals surface area contributed by atoms with E-state index < -0.39 is 17.5 Å². The number of rotatable bonds is 1. The summed E-state index contributed by atoms with van der Waals surface area (Å²) in [4.78, 5) is 23.6. The zero-order valence-corrected chi connectivity index (χ0v) is 11.1. The number of hydrogen-bond acceptors (Lipinski definition) is 4. The van der Waals surface area contributed by atoms with Crippen LogP contribution in [0.2, 0.25) is 5.02 Å². The summed E-state index contributed by atoms with van der Waals surface area (Å²) in [6.45, 7) is 3.36. The monoisotopic (exact) mass is 268 g/mol. The van der Waals surface area contributed by atoms with Gasteiger partial charge >= 0.3 is 11.9 Å². The third kappa shape index (κ3) is 1.97. The smallest absolute Gasteiger partial charge is 0.350 e. The van der Waals surface area contributed by atoms with Gasteiger partial charge in [-0.25, -0.2) is 9.59 Å². The largest absolute Gasteiger partial charge is 0.466 e. The van der Waals surface area contributed by atoms with Crippen LogP contribution in [0.15, 0.2) is 12.1 Å². The third-order valence-corrected chi connectivity index (χ3v) is 3.35. The predicted molar refractivity (Wildman–Crippen MR) is 65.7 cm³/mol. The Morgan fingerprint density at radius 2 is 2.17 bits per heavy atom. The molecule has 0 aliphatic carbocycles. The van der Waals surface area contributed by atoms with E-state index in [1.54, 1.807) is 12.1 Å². The van der Waals surface area contributed by atoms with Crippen molar-refractivity contribution in [2.75, 3.05) is 7.11 Å². The zero-order chi connectivity index (χ0) is 13.5. The van der Waals surface area contributed by atoms with Crippen molar-refractivity contribution in [2.24, 2.45) is 0 Å². The van der Waals surface area contributed by atoms with Gasteiger partial charge in [0.25, 0.3) is 0 Å². The van der Waals surface area contributed by atoms with Crippen LogP contribution >= 0.6 is 11.6 Å². The average Bonchev–Trinajstić information content (AvgIpc) is 2.30. The number of fused-ring (bicyclic) bond motifs is 1. The van der Waals surface area contributed by atoms with Crippen LogP contribution in [-0.2, 0) is 20.7 Å². The number of esters is 2. The summed E-state index contributed by atoms with van der Waals surface area (Å²) in [5.41, 5.74) is 0.614. The van der Waals surface area contributed by atoms with Gasteiger partial charge in [-0.2, -0.15) is 0 Å². The number of methoxy groups -OCH3 is 1. The maximum Gasteiger partial charge on any atom is 0.350 e. The fraction of sp³-hybridized carbons (Fsp3) is 0.385. The molecule has 0 N–H and O–H groups in total. The maximum atomic E-state index is 11.9. The first kappa shape index (κ1) is 12.9. The Morgan fingerprint density at radius 1 is 1.50 bits per heavy atom. The summed E-state index contributed by atoms with van der Waals surface area (Å²) >= 11 is 6.13. The van der Waals surface area contributed by atoms with Crippen molar-refractivity contribution < 1.29 is 19.1 Å². The quantitative estimate of drug-likeness (QED) is 0.734. The minimum absolute atomic E-state index is 0.222. The van der Waals surface area contributed by atoms with Crippen molar-refractivity contribution in [2.45, 2.75) is 25.9 Å². The van der Waals surface area contributed by atoms with Gasteiger partial charge in [-0.05, 0) is 37.1 Å². The molecule has 1 aliphatic rings. The Labute approximate surface area is 110 Å². The highest BCUT2D eigenvalue weighted by atomic mass is 35.5. The molecule has 4 nitrogen and oxygen atoms in total. The highest BCUT2D eigenvalue weighted by Crippen LogP contribution is 2.34. The summed E-state index contributed by atoms with van der Waals surface area (Å²) < 4.78 is 9.85. The van der Waals surface area contributed by atoms with Gasteiger partial charge in [0.05, 0.1) is 12.7 Å². The normalized spacial score (nSPS) is 22.1. The van der Waals surface area contributed by atoms with Crippen molar-refractivity contribution in [3.05, 3.63) is 33.8 Å². The van der Waals surface area contributed by atoms with Crippen LogP contribution in [0.5, 0.6) is 0 Å². The lowest BCUT2D eigenvalue weighted by molar-refractivity contribution is -0.161. The lowest BCUT2D eigenvalue weighted by Gasteiger charge is -2.32. The van der Waals surface area contributed by atoms with E-state index in [0.29, 0.717) is 16.1 Å². The first-order valence-electron chi connectivity index (χ1n) is 5.48. The highest BCUT2D eigenvalue weighted by molar-refractivity contribution is 6.32. The molecule has 0 saturated heterocycles. The van der Waals surface area contributed by atoms with Gasteiger partial charge in [0.2, 0.25) is 5.60 Å². The number of carbonyl (C=O) groups is 2. The molecular formula is C13H13ClO4. The second kappa shape index (κ2) is 4.28. The molecule has 0 aromatic heterocycles. The molecule has 0 radical (unpaired) electrons. The van der Waals surface area contributed by atoms with Gasteiger partial charge in [-0.15, -0.1) is 0 Å². The maximum absolute atomic E-state index is 11.9. The van der Waals surface area contributed by atoms with Crippen LogP contribution in [0.3, 0.4) is 0 Å². The van der Waals surface area contributed by atoms with Gasteiger partial charge in [-0.3, -0.25) is 0 Å². The Bertz CT molecular complexity index is 538. The van der Waals surface area contributed by atoms with E-state index in [1.165, 1.54) is 14.0 Å². The minimum atomic E-state index is -1.31. The van der Waals surface area contributed by atoms with Gasteiger partial charge in [-0.1, -0.05) is 11.6 Å². The van der Waals surface area contributed by atoms with Crippen molar-refractivity contribution >= 4 is 23.5 Å². The fourth-order valence-corrected chi connectivity index (χ4v) is 2.44. The number of benzene rings is 1. The number of carbonyl (C=O) groups excluding carboxylic acids is 2. The van der Waals surface area contributed by atoms with E-state index in [2.05, 4.69) is 4.74 Å². The first-order chi connectivity index (χ1) is 8.37. The SMILES string of the molecule is COC(=O)C1(C)Cc2c(Cl)cc(C)cc2C(=O)O1. The Hall–Kier alpha value is -1.55. The van der Waals surface area contributed by atoms with Gasteiger partial charge < -0.3 is 9.47 Å². The molecule has 1 aliphatic heterocycles. The molecule has 0 saturated carbocycles. The van der Waals surface area contributed by atoms with E-state index in [1.807, 2.05) is 6.92 Å². The van der Waals surface area contributed by atoms with Crippen molar-refractivity contribution in [1.82, 2.24) is 0 Å². The second-order valence-corrected chi connectivity index (χ2v) is 4.97. The molecule has 0 spiro atoms. The standard InChI is InChI=1S/C13H13ClO4/c1-7-4-8-9(10(14)5-7)6-13(2,12(16)17-3)18-11(8)15/h4-5H,6H2,1-3H3. The van der Waals surface area contributed by atoms with Crippen LogP contribution < -0.4 is 0 Å². The summed E-state index contributed by atoms with van der Waals surface area (Å²) in [7, 11) is 1.26. The Kier molecular flexibility index (Phi) is 3.07. The number of ether oxygens (including phenoxy) is 2. The second-order valence-electron chi connectivity index (χ2n) is 4.56. The summed E-state index contributed by atoms with van der Waals surface area (Å²) in [6, 6.07) is 3.47. The molecule has 0 fully saturated rings. The molecule has 0 amide bonds. The summed E-state index contributed by atoms with van der Waals surface area (Å²) in [5, 5.41) is 0.469. The van der Waals surface area contributed by atoms with Crippen LogP contribution in [0.1, 0.15) is 28.4 Å². The van der Waals surface area contributed by atoms with Crippen LogP contribution in [0, 0.1) is 6.92 Å². The minimum Gasteiger partial charge on any atom is -0.466 e. The molecule has 1 aromatic rings. The zero-order valence-electron chi connectivity index (χ0n) is 10.4. The highest BCUT2D eigenvalue weighted by Gasteiger charge is 2.44. The molecule has 1 atom stereocenters. The number of hydrogen-bond donors (Lipinski definition) is 0. The molecule has 0 bridgehead atoms. The molecule has 2 rings (SSSR count). The van der Waals surface area contributed by atoms with Crippen molar-refractivity contribution in [1.29, 1.82) is 0 Å². The van der Waals surface area contributed by atoms with Gasteiger partial charge in [0, 0.05) is 11.4 Å². The molecular weight excluding hydrogens is 256 g/mol. The molecule has 5 heteroatoms. The Morgan fingerprint density at radius 3 is 2.78 bits per heavy atom. The van der Waals surface area contributed by atoms with E-state index in [9.17, 15) is 9.59 Å². The fourth-order valence-electron chi connectivity index (χ4n) is 2.10. The van der Waals surface area contributed by atoms with E-state index >= 15 is 0 Å². The molecule has 1 unspecified atom stereocenters. The number of halogens is 1. The molecule has 1 aromatic carbocycles. The summed E-state index contributed by atoms with van der Waals surface area (Å²) in [6.07, 6.45) is 0.222. The van der Waals surface area contributed by atoms with Gasteiger partial charge in [0.15, 0.2) is 0 Å². The van der Waals surface area contributed by atoms with Gasteiger partial charge in [0.1, 0.15) is 0 Å². The Balaban J connectivity index is 2.52. The number of cyclic esters (lactones) is 1. The van der Waals surface area contributed by atoms with Crippen molar-refractivity contribution in [3.8, 4) is 0 Å². The lowest BCUT2D eigenvalue weighted by Crippen LogP contribution is -2.46. The topological polar surface area (TPSA) is 52.6 Å². The van der Waals surface area contributed by atoms with E-state index in [-0.39, 0.29) is 6.42 Å². The van der Waals surface area contributed by atoms with Crippen LogP contribution in [0.4, 0.5) is 0 Å². The lowest BCUT2D eigenvalue weighted by atomic mass is 9.89. The van der Waals surface area contributed by atoms with Crippen molar-refractivity contribution in [3.63, 3.8) is 0 Å². The van der Waals surface area contributed by atoms with Crippen LogP contribution in [-0.4, -0.2) is 24.6 Å². The predicted octanol–water partition coefficient (Wildman–Crippen LogP) is 2.29. The van der Waals surface area contributed by atoms with E-state index in [4.69, 9.17) is 16.3 Å². The van der Waals surface area contributed by atoms with E-state index in [0.717, 1.165) is 5.56 Å². The molecule has 18 heavy (non-hydrogen) atoms. The third-order valence-electron chi connectivity index (χ3n) is 3.01. The first-order valence-corrected chi connectivity index (χ1v) is 5.86. The van der Waals surface area contributed by atoms with Crippen LogP contribution in [0.25, 0.3) is 0 Å².